The van der Waals surface area contributed by atoms with E-state index in [1.54, 1.807) is 17.5 Å². The zero-order chi connectivity index (χ0) is 24.9. The molecule has 3 aromatic rings. The second kappa shape index (κ2) is 6.74. The van der Waals surface area contributed by atoms with Crippen LogP contribution in [0.5, 0.6) is 5.75 Å². The fraction of sp³-hybridized carbons (Fsp3) is 0.222. The third-order valence-corrected chi connectivity index (χ3v) is 3.74. The van der Waals surface area contributed by atoms with Gasteiger partial charge >= 0.3 is 0 Å². The van der Waals surface area contributed by atoms with Gasteiger partial charge in [0, 0.05) is 23.5 Å². The van der Waals surface area contributed by atoms with E-state index >= 15 is 0 Å². The summed E-state index contributed by atoms with van der Waals surface area (Å²) < 4.78 is 101. The molecule has 2 aromatic carbocycles. The minimum Gasteiger partial charge on any atom is -0.484 e. The molecule has 0 amide bonds. The number of benzene rings is 2. The van der Waals surface area contributed by atoms with E-state index in [0.29, 0.717) is 4.88 Å². The second-order valence-corrected chi connectivity index (χ2v) is 5.06. The van der Waals surface area contributed by atoms with Crippen LogP contribution in [0.3, 0.4) is 0 Å². The van der Waals surface area contributed by atoms with Crippen molar-refractivity contribution >= 4 is 22.1 Å². The molecule has 0 radical (unpaired) electrons. The Hall–Kier alpha value is -1.84. The molecule has 1 aromatic heterocycles. The van der Waals surface area contributed by atoms with Crippen LogP contribution in [0.15, 0.2) is 59.8 Å². The van der Waals surface area contributed by atoms with E-state index in [4.69, 9.17) is 21.2 Å². The fourth-order valence-corrected chi connectivity index (χ4v) is 2.59. The Morgan fingerprint density at radius 1 is 1.33 bits per heavy atom. The van der Waals surface area contributed by atoms with Crippen molar-refractivity contribution in [2.24, 2.45) is 0 Å². The molecule has 0 saturated heterocycles. The molecule has 3 rings (SSSR count). The van der Waals surface area contributed by atoms with E-state index in [2.05, 4.69) is 0 Å². The highest BCUT2D eigenvalue weighted by molar-refractivity contribution is 7.10. The summed E-state index contributed by atoms with van der Waals surface area (Å²) in [4.78, 5) is 0.473. The maximum atomic E-state index is 8.32. The van der Waals surface area contributed by atoms with Crippen LogP contribution < -0.4 is 10.1 Å². The second-order valence-electron chi connectivity index (χ2n) is 4.08. The highest BCUT2D eigenvalue weighted by Gasteiger charge is 2.15. The highest BCUT2D eigenvalue weighted by Crippen LogP contribution is 2.32. The molecule has 21 heavy (non-hydrogen) atoms. The van der Waals surface area contributed by atoms with Crippen LogP contribution in [0, 0.1) is 0 Å². The zero-order valence-corrected chi connectivity index (χ0v) is 11.6. The van der Waals surface area contributed by atoms with Crippen molar-refractivity contribution in [2.75, 3.05) is 13.5 Å². The van der Waals surface area contributed by atoms with E-state index in [1.165, 1.54) is 11.3 Å². The Kier molecular flexibility index (Phi) is 1.85. The molecule has 0 fully saturated rings. The molecule has 1 unspecified atom stereocenters. The van der Waals surface area contributed by atoms with Crippen molar-refractivity contribution in [2.45, 2.75) is 12.5 Å². The van der Waals surface area contributed by atoms with Gasteiger partial charge in [-0.2, -0.15) is 0 Å². The van der Waals surface area contributed by atoms with Gasteiger partial charge in [0.15, 0.2) is 0 Å². The first kappa shape index (κ1) is 5.75. The van der Waals surface area contributed by atoms with Gasteiger partial charge in [-0.3, -0.25) is 0 Å². The van der Waals surface area contributed by atoms with E-state index in [0.717, 1.165) is 0 Å². The summed E-state index contributed by atoms with van der Waals surface area (Å²) in [5, 5.41) is 3.04. The molecular weight excluding hydrogens is 278 g/mol. The molecule has 1 N–H and O–H groups in total. The highest BCUT2D eigenvalue weighted by atomic mass is 32.1. The lowest BCUT2D eigenvalue weighted by atomic mass is 10.1. The summed E-state index contributed by atoms with van der Waals surface area (Å²) >= 11 is 1.18. The van der Waals surface area contributed by atoms with Gasteiger partial charge in [0.2, 0.25) is 0 Å². The van der Waals surface area contributed by atoms with Crippen molar-refractivity contribution in [1.29, 1.82) is 0 Å². The maximum absolute atomic E-state index is 8.32. The molecule has 0 saturated carbocycles. The first-order valence-electron chi connectivity index (χ1n) is 12.1. The zero-order valence-electron chi connectivity index (χ0n) is 22.8. The van der Waals surface area contributed by atoms with Gasteiger partial charge in [-0.15, -0.1) is 11.3 Å². The van der Waals surface area contributed by atoms with Crippen LogP contribution in [0.2, 0.25) is 0 Å². The molecule has 0 aliphatic carbocycles. The third-order valence-electron chi connectivity index (χ3n) is 2.77. The summed E-state index contributed by atoms with van der Waals surface area (Å²) in [6.07, 6.45) is -1.68. The van der Waals surface area contributed by atoms with Gasteiger partial charge in [0.1, 0.15) is 11.9 Å². The van der Waals surface area contributed by atoms with Crippen LogP contribution in [0.4, 0.5) is 0 Å². The number of rotatable bonds is 6. The molecule has 0 aliphatic rings. The van der Waals surface area contributed by atoms with E-state index in [1.807, 2.05) is 5.32 Å². The summed E-state index contributed by atoms with van der Waals surface area (Å²) in [6, 6.07) is -0.808. The standard InChI is InChI=1S/C18H19NOS/c1-19-12-11-17(18-10-5-13-21-18)20-16-9-4-7-14-6-2-3-8-15(14)16/h2-10,13,17,19H,11-12H2,1H3/i1D3,2D,3D,4D,6D,7D,8D,9D,12D2. The third kappa shape index (κ3) is 3.26. The summed E-state index contributed by atoms with van der Waals surface area (Å²) in [5.74, 6) is -0.402. The summed E-state index contributed by atoms with van der Waals surface area (Å²) in [7, 11) is 0. The van der Waals surface area contributed by atoms with Crippen molar-refractivity contribution in [3.05, 3.63) is 64.7 Å². The minimum absolute atomic E-state index is 0.266. The number of ether oxygens (including phenoxy) is 1. The molecule has 0 aliphatic heterocycles. The minimum atomic E-state index is -2.78. The first-order chi connectivity index (χ1) is 15.1. The summed E-state index contributed by atoms with van der Waals surface area (Å²) in [5.41, 5.74) is 0. The van der Waals surface area contributed by atoms with E-state index in [-0.39, 0.29) is 10.8 Å². The van der Waals surface area contributed by atoms with Gasteiger partial charge in [0.25, 0.3) is 0 Å². The average Bonchev–Trinajstić information content (AvgIpc) is 3.23. The van der Waals surface area contributed by atoms with Crippen molar-refractivity contribution < 1.29 is 21.2 Å². The number of thiophene rings is 1. The lowest BCUT2D eigenvalue weighted by Crippen LogP contribution is -2.15. The molecule has 108 valence electrons. The molecule has 1 atom stereocenters. The maximum Gasteiger partial charge on any atom is 0.134 e. The van der Waals surface area contributed by atoms with Gasteiger partial charge in [-0.05, 0) is 36.3 Å². The van der Waals surface area contributed by atoms with Crippen LogP contribution >= 0.6 is 11.3 Å². The topological polar surface area (TPSA) is 21.3 Å². The van der Waals surface area contributed by atoms with Gasteiger partial charge in [-0.1, -0.05) is 42.3 Å². The van der Waals surface area contributed by atoms with E-state index in [9.17, 15) is 0 Å². The van der Waals surface area contributed by atoms with Crippen LogP contribution in [0.1, 0.15) is 33.9 Å². The smallest absolute Gasteiger partial charge is 0.134 e. The monoisotopic (exact) mass is 309 g/mol. The SMILES string of the molecule is [2H]c1c([2H])c([2H])c2c(OC(CC([2H])([2H])NC([2H])([2H])[2H])c3cccs3)c([2H])c([2H])c([2H])c2c1[2H]. The van der Waals surface area contributed by atoms with Gasteiger partial charge in [-0.25, -0.2) is 0 Å². The Morgan fingerprint density at radius 3 is 3.10 bits per heavy atom. The van der Waals surface area contributed by atoms with Crippen LogP contribution in [-0.4, -0.2) is 13.5 Å². The van der Waals surface area contributed by atoms with Gasteiger partial charge < -0.3 is 10.1 Å². The van der Waals surface area contributed by atoms with Gasteiger partial charge in [0.05, 0.1) is 9.60 Å². The Labute approximate surface area is 146 Å². The molecule has 1 heterocycles. The lowest BCUT2D eigenvalue weighted by molar-refractivity contribution is 0.201. The van der Waals surface area contributed by atoms with E-state index < -0.39 is 74.0 Å². The largest absolute Gasteiger partial charge is 0.484 e. The Balaban J connectivity index is 2.22. The quantitative estimate of drug-likeness (QED) is 0.717. The number of fused-ring (bicyclic) bond motifs is 1. The summed E-state index contributed by atoms with van der Waals surface area (Å²) in [6.45, 7) is -5.21. The number of nitrogens with one attached hydrogen (secondary N) is 1. The molecule has 0 bridgehead atoms. The Morgan fingerprint density at radius 2 is 2.24 bits per heavy atom. The normalized spacial score (nSPS) is 21.9. The Bertz CT molecular complexity index is 1180. The predicted octanol–water partition coefficient (Wildman–Crippen LogP) is 4.63. The van der Waals surface area contributed by atoms with Crippen molar-refractivity contribution in [1.82, 2.24) is 5.32 Å². The predicted molar refractivity (Wildman–Crippen MR) is 90.2 cm³/mol. The average molecular weight is 309 g/mol. The van der Waals surface area contributed by atoms with Crippen LogP contribution in [-0.2, 0) is 0 Å². The number of hydrogen-bond acceptors (Lipinski definition) is 3. The molecular formula is C18H19NOS. The number of hydrogen-bond donors (Lipinski definition) is 1. The van der Waals surface area contributed by atoms with Crippen LogP contribution in [0.25, 0.3) is 10.8 Å². The molecule has 0 spiro atoms. The first-order valence-corrected chi connectivity index (χ1v) is 7.02. The lowest BCUT2D eigenvalue weighted by Gasteiger charge is -2.19. The fourth-order valence-electron chi connectivity index (χ4n) is 1.84. The molecule has 2 nitrogen and oxygen atoms in total. The van der Waals surface area contributed by atoms with Crippen molar-refractivity contribution in [3.63, 3.8) is 0 Å². The molecule has 3 heteroatoms. The van der Waals surface area contributed by atoms with Crippen molar-refractivity contribution in [3.8, 4) is 5.75 Å².